The first-order chi connectivity index (χ1) is 10.9. The quantitative estimate of drug-likeness (QED) is 0.747. The molecule has 23 heavy (non-hydrogen) atoms. The van der Waals surface area contributed by atoms with Crippen molar-refractivity contribution < 1.29 is 15.3 Å². The number of hydrogen-bond donors (Lipinski definition) is 3. The van der Waals surface area contributed by atoms with E-state index < -0.39 is 5.60 Å². The van der Waals surface area contributed by atoms with Gasteiger partial charge < -0.3 is 15.3 Å². The van der Waals surface area contributed by atoms with Crippen molar-refractivity contribution in [3.8, 4) is 0 Å². The SMILES string of the molecule is C[C@@]12CCC[C@@](O)(C1)[C@@H]1C[C@@]3(CC[C@H](CCCO)C3)[C@@H]1[C@H](O)C2. The lowest BCUT2D eigenvalue weighted by atomic mass is 9.46. The van der Waals surface area contributed by atoms with Gasteiger partial charge in [0.2, 0.25) is 0 Å². The Labute approximate surface area is 140 Å². The van der Waals surface area contributed by atoms with Crippen molar-refractivity contribution in [1.82, 2.24) is 0 Å². The summed E-state index contributed by atoms with van der Waals surface area (Å²) in [7, 11) is 0. The van der Waals surface area contributed by atoms with Crippen LogP contribution in [-0.4, -0.2) is 33.6 Å². The normalized spacial score (nSPS) is 55.3. The number of hydrogen-bond acceptors (Lipinski definition) is 3. The molecule has 0 aromatic rings. The lowest BCUT2D eigenvalue weighted by Crippen LogP contribution is -2.60. The van der Waals surface area contributed by atoms with Crippen LogP contribution in [0.1, 0.15) is 77.6 Å². The second-order valence-electron chi connectivity index (χ2n) is 9.89. The third kappa shape index (κ3) is 2.49. The van der Waals surface area contributed by atoms with E-state index in [1.54, 1.807) is 0 Å². The van der Waals surface area contributed by atoms with Crippen LogP contribution in [0.15, 0.2) is 0 Å². The molecule has 0 unspecified atom stereocenters. The number of rotatable bonds is 3. The molecule has 0 radical (unpaired) electrons. The summed E-state index contributed by atoms with van der Waals surface area (Å²) >= 11 is 0. The first-order valence-corrected chi connectivity index (χ1v) is 9.91. The maximum atomic E-state index is 11.4. The average Bonchev–Trinajstić information content (AvgIpc) is 2.85. The Morgan fingerprint density at radius 1 is 1.09 bits per heavy atom. The molecule has 0 saturated heterocycles. The number of fused-ring (bicyclic) bond motifs is 5. The zero-order valence-electron chi connectivity index (χ0n) is 14.6. The maximum absolute atomic E-state index is 11.4. The Morgan fingerprint density at radius 2 is 1.91 bits per heavy atom. The van der Waals surface area contributed by atoms with Gasteiger partial charge in [-0.3, -0.25) is 0 Å². The first-order valence-electron chi connectivity index (χ1n) is 9.91. The van der Waals surface area contributed by atoms with Crippen LogP contribution in [0.25, 0.3) is 0 Å². The van der Waals surface area contributed by atoms with Crippen LogP contribution in [0.2, 0.25) is 0 Å². The van der Waals surface area contributed by atoms with Gasteiger partial charge in [0.05, 0.1) is 11.7 Å². The van der Waals surface area contributed by atoms with Gasteiger partial charge in [-0.25, -0.2) is 0 Å². The molecular formula is C20H34O3. The van der Waals surface area contributed by atoms with E-state index in [0.717, 1.165) is 57.3 Å². The number of aliphatic hydroxyl groups excluding tert-OH is 2. The van der Waals surface area contributed by atoms with E-state index in [9.17, 15) is 10.2 Å². The summed E-state index contributed by atoms with van der Waals surface area (Å²) in [5, 5.41) is 31.5. The second-order valence-corrected chi connectivity index (χ2v) is 9.89. The van der Waals surface area contributed by atoms with Crippen molar-refractivity contribution in [2.45, 2.75) is 89.3 Å². The molecule has 0 aliphatic heterocycles. The van der Waals surface area contributed by atoms with Gasteiger partial charge in [-0.2, -0.15) is 0 Å². The van der Waals surface area contributed by atoms with Gasteiger partial charge in [-0.05, 0) is 92.8 Å². The van der Waals surface area contributed by atoms with Gasteiger partial charge in [-0.15, -0.1) is 0 Å². The molecule has 0 aromatic carbocycles. The predicted molar refractivity (Wildman–Crippen MR) is 89.8 cm³/mol. The molecule has 132 valence electrons. The molecular weight excluding hydrogens is 288 g/mol. The van der Waals surface area contributed by atoms with Gasteiger partial charge in [0.15, 0.2) is 0 Å². The molecule has 1 spiro atoms. The van der Waals surface area contributed by atoms with Crippen molar-refractivity contribution in [3.05, 3.63) is 0 Å². The van der Waals surface area contributed by atoms with Crippen LogP contribution in [-0.2, 0) is 0 Å². The Morgan fingerprint density at radius 3 is 2.70 bits per heavy atom. The van der Waals surface area contributed by atoms with E-state index in [1.165, 1.54) is 19.3 Å². The van der Waals surface area contributed by atoms with Crippen molar-refractivity contribution in [3.63, 3.8) is 0 Å². The van der Waals surface area contributed by atoms with Crippen LogP contribution in [0.5, 0.6) is 0 Å². The standard InChI is InChI=1S/C20H34O3/c1-18-6-3-7-20(23,13-18)15-11-19(17(15)16(22)12-18)8-5-14(10-19)4-2-9-21/h14-17,21-23H,2-13H2,1H3/t14-,15+,16+,17-,18-,19-,20+/m0/s1. The molecule has 0 amide bonds. The summed E-state index contributed by atoms with van der Waals surface area (Å²) in [6.45, 7) is 2.59. The highest BCUT2D eigenvalue weighted by atomic mass is 16.3. The van der Waals surface area contributed by atoms with E-state index in [4.69, 9.17) is 5.11 Å². The lowest BCUT2D eigenvalue weighted by Gasteiger charge is -2.60. The highest BCUT2D eigenvalue weighted by molar-refractivity contribution is 5.16. The highest BCUT2D eigenvalue weighted by Gasteiger charge is 2.66. The lowest BCUT2D eigenvalue weighted by molar-refractivity contribution is -0.191. The molecule has 7 atom stereocenters. The first kappa shape index (κ1) is 16.4. The van der Waals surface area contributed by atoms with Crippen molar-refractivity contribution in [1.29, 1.82) is 0 Å². The molecule has 4 aliphatic carbocycles. The Bertz CT molecular complexity index is 466. The van der Waals surface area contributed by atoms with Gasteiger partial charge in [0.1, 0.15) is 0 Å². The molecule has 4 saturated carbocycles. The fraction of sp³-hybridized carbons (Fsp3) is 1.00. The van der Waals surface area contributed by atoms with Crippen molar-refractivity contribution in [2.24, 2.45) is 28.6 Å². The van der Waals surface area contributed by atoms with Crippen LogP contribution in [0.4, 0.5) is 0 Å². The van der Waals surface area contributed by atoms with Crippen LogP contribution in [0.3, 0.4) is 0 Å². The van der Waals surface area contributed by atoms with Crippen LogP contribution >= 0.6 is 0 Å². The molecule has 2 bridgehead atoms. The van der Waals surface area contributed by atoms with E-state index in [0.29, 0.717) is 23.9 Å². The molecule has 0 heterocycles. The molecule has 0 aromatic heterocycles. The summed E-state index contributed by atoms with van der Waals surface area (Å²) in [5.74, 6) is 1.38. The topological polar surface area (TPSA) is 60.7 Å². The van der Waals surface area contributed by atoms with E-state index >= 15 is 0 Å². The van der Waals surface area contributed by atoms with Gasteiger partial charge >= 0.3 is 0 Å². The van der Waals surface area contributed by atoms with Gasteiger partial charge in [-0.1, -0.05) is 13.3 Å². The Hall–Kier alpha value is -0.120. The minimum atomic E-state index is -0.510. The largest absolute Gasteiger partial charge is 0.396 e. The fourth-order valence-corrected chi connectivity index (χ4v) is 7.41. The third-order valence-electron chi connectivity index (χ3n) is 8.21. The predicted octanol–water partition coefficient (Wildman–Crippen LogP) is 3.26. The van der Waals surface area contributed by atoms with Gasteiger partial charge in [0.25, 0.3) is 0 Å². The summed E-state index contributed by atoms with van der Waals surface area (Å²) in [6, 6.07) is 0. The summed E-state index contributed by atoms with van der Waals surface area (Å²) < 4.78 is 0. The second kappa shape index (κ2) is 5.44. The Balaban J connectivity index is 1.55. The fourth-order valence-electron chi connectivity index (χ4n) is 7.41. The zero-order chi connectivity index (χ0) is 16.3. The molecule has 4 aliphatic rings. The van der Waals surface area contributed by atoms with E-state index in [-0.39, 0.29) is 11.5 Å². The maximum Gasteiger partial charge on any atom is 0.0685 e. The van der Waals surface area contributed by atoms with Gasteiger partial charge in [0, 0.05) is 6.61 Å². The minimum Gasteiger partial charge on any atom is -0.396 e. The molecule has 4 rings (SSSR count). The minimum absolute atomic E-state index is 0.139. The molecule has 4 fully saturated rings. The van der Waals surface area contributed by atoms with Crippen molar-refractivity contribution >= 4 is 0 Å². The third-order valence-corrected chi connectivity index (χ3v) is 8.21. The zero-order valence-corrected chi connectivity index (χ0v) is 14.6. The number of aliphatic hydroxyl groups is 3. The Kier molecular flexibility index (Phi) is 3.87. The average molecular weight is 322 g/mol. The molecule has 3 heteroatoms. The summed E-state index contributed by atoms with van der Waals surface area (Å²) in [5.41, 5.74) is -0.0722. The summed E-state index contributed by atoms with van der Waals surface area (Å²) in [4.78, 5) is 0. The monoisotopic (exact) mass is 322 g/mol. The molecule has 3 N–H and O–H groups in total. The van der Waals surface area contributed by atoms with E-state index in [2.05, 4.69) is 6.92 Å². The molecule has 3 nitrogen and oxygen atoms in total. The highest BCUT2D eigenvalue weighted by Crippen LogP contribution is 2.70. The van der Waals surface area contributed by atoms with Crippen molar-refractivity contribution in [2.75, 3.05) is 6.61 Å². The smallest absolute Gasteiger partial charge is 0.0685 e. The van der Waals surface area contributed by atoms with E-state index in [1.807, 2.05) is 0 Å². The summed E-state index contributed by atoms with van der Waals surface area (Å²) in [6.07, 6.45) is 11.7. The van der Waals surface area contributed by atoms with Crippen LogP contribution < -0.4 is 0 Å². The van der Waals surface area contributed by atoms with Crippen LogP contribution in [0, 0.1) is 28.6 Å².